The molecule has 1 unspecified atom stereocenters. The number of fused-ring (bicyclic) bond motifs is 1. The maximum Gasteiger partial charge on any atom is 0.114 e. The summed E-state index contributed by atoms with van der Waals surface area (Å²) in [5.41, 5.74) is 0.0171. The molecule has 1 aliphatic carbocycles. The fraction of sp³-hybridized carbons (Fsp3) is 0.529. The van der Waals surface area contributed by atoms with E-state index in [0.717, 1.165) is 11.5 Å². The highest BCUT2D eigenvalue weighted by Gasteiger charge is 2.53. The van der Waals surface area contributed by atoms with E-state index in [4.69, 9.17) is 0 Å². The quantitative estimate of drug-likeness (QED) is 0.774. The van der Waals surface area contributed by atoms with Gasteiger partial charge < -0.3 is 15.1 Å². The molecule has 2 fully saturated rings. The van der Waals surface area contributed by atoms with Gasteiger partial charge in [0.15, 0.2) is 0 Å². The minimum atomic E-state index is -1.12. The van der Waals surface area contributed by atoms with E-state index in [1.54, 1.807) is 6.92 Å². The number of aliphatic hydroxyl groups is 2. The van der Waals surface area contributed by atoms with Crippen LogP contribution >= 0.6 is 0 Å². The molecule has 1 saturated heterocycles. The molecule has 0 aromatic rings. The van der Waals surface area contributed by atoms with Crippen molar-refractivity contribution < 1.29 is 10.2 Å². The lowest BCUT2D eigenvalue weighted by molar-refractivity contribution is -0.0435. The van der Waals surface area contributed by atoms with Gasteiger partial charge in [-0.2, -0.15) is 0 Å². The molecule has 2 heterocycles. The normalized spacial score (nSPS) is 40.7. The van der Waals surface area contributed by atoms with E-state index in [0.29, 0.717) is 0 Å². The van der Waals surface area contributed by atoms with Crippen molar-refractivity contribution in [3.8, 4) is 0 Å². The van der Waals surface area contributed by atoms with Crippen LogP contribution in [0.1, 0.15) is 26.7 Å². The van der Waals surface area contributed by atoms with Gasteiger partial charge in [0, 0.05) is 6.20 Å². The van der Waals surface area contributed by atoms with Gasteiger partial charge in [0.25, 0.3) is 0 Å². The SMILES string of the molecule is CC(/C=C/C1CC1)=C\[C@H]1[C@H](O)[C@@](C)(O)C2C=CC=CN21. The Morgan fingerprint density at radius 2 is 2.10 bits per heavy atom. The summed E-state index contributed by atoms with van der Waals surface area (Å²) in [6.45, 7) is 3.76. The fourth-order valence-corrected chi connectivity index (χ4v) is 3.05. The first-order chi connectivity index (χ1) is 9.50. The van der Waals surface area contributed by atoms with Crippen LogP contribution in [0.5, 0.6) is 0 Å². The second kappa shape index (κ2) is 4.90. The highest BCUT2D eigenvalue weighted by Crippen LogP contribution is 2.37. The number of allylic oxidation sites excluding steroid dienone is 5. The Hall–Kier alpha value is -1.32. The van der Waals surface area contributed by atoms with E-state index in [-0.39, 0.29) is 12.1 Å². The van der Waals surface area contributed by atoms with E-state index >= 15 is 0 Å². The van der Waals surface area contributed by atoms with Gasteiger partial charge in [0.05, 0.1) is 12.1 Å². The van der Waals surface area contributed by atoms with Crippen molar-refractivity contribution in [2.45, 2.75) is 50.5 Å². The Labute approximate surface area is 120 Å². The molecule has 2 N–H and O–H groups in total. The Bertz CT molecular complexity index is 497. The van der Waals surface area contributed by atoms with Crippen LogP contribution in [-0.2, 0) is 0 Å². The molecule has 0 aromatic carbocycles. The molecule has 0 aromatic heterocycles. The van der Waals surface area contributed by atoms with E-state index < -0.39 is 11.7 Å². The number of hydrogen-bond donors (Lipinski definition) is 2. The van der Waals surface area contributed by atoms with Crippen LogP contribution in [0, 0.1) is 5.92 Å². The Morgan fingerprint density at radius 3 is 2.80 bits per heavy atom. The monoisotopic (exact) mass is 273 g/mol. The predicted octanol–water partition coefficient (Wildman–Crippen LogP) is 2.15. The zero-order chi connectivity index (χ0) is 14.3. The Balaban J connectivity index is 1.82. The predicted molar refractivity (Wildman–Crippen MR) is 79.9 cm³/mol. The van der Waals surface area contributed by atoms with Gasteiger partial charge in [-0.25, -0.2) is 0 Å². The first-order valence-electron chi connectivity index (χ1n) is 7.39. The lowest BCUT2D eigenvalue weighted by Gasteiger charge is -2.30. The summed E-state index contributed by atoms with van der Waals surface area (Å²) in [5, 5.41) is 21.0. The number of rotatable bonds is 3. The Morgan fingerprint density at radius 1 is 1.35 bits per heavy atom. The second-order valence-corrected chi connectivity index (χ2v) is 6.39. The molecule has 0 radical (unpaired) electrons. The summed E-state index contributed by atoms with van der Waals surface area (Å²) in [4.78, 5) is 2.04. The topological polar surface area (TPSA) is 43.7 Å². The second-order valence-electron chi connectivity index (χ2n) is 6.39. The van der Waals surface area contributed by atoms with Gasteiger partial charge in [0.2, 0.25) is 0 Å². The number of nitrogens with zero attached hydrogens (tertiary/aromatic N) is 1. The maximum absolute atomic E-state index is 10.5. The largest absolute Gasteiger partial charge is 0.388 e. The van der Waals surface area contributed by atoms with Crippen molar-refractivity contribution in [3.05, 3.63) is 48.2 Å². The van der Waals surface area contributed by atoms with Crippen molar-refractivity contribution in [3.63, 3.8) is 0 Å². The number of hydrogen-bond acceptors (Lipinski definition) is 3. The first-order valence-corrected chi connectivity index (χ1v) is 7.39. The third-order valence-corrected chi connectivity index (χ3v) is 4.54. The summed E-state index contributed by atoms with van der Waals surface area (Å²) >= 11 is 0. The molecule has 0 amide bonds. The van der Waals surface area contributed by atoms with Crippen molar-refractivity contribution in [1.82, 2.24) is 4.90 Å². The van der Waals surface area contributed by atoms with Gasteiger partial charge >= 0.3 is 0 Å². The zero-order valence-corrected chi connectivity index (χ0v) is 12.1. The van der Waals surface area contributed by atoms with Gasteiger partial charge in [0.1, 0.15) is 11.7 Å². The summed E-state index contributed by atoms with van der Waals surface area (Å²) in [6.07, 6.45) is 16.0. The van der Waals surface area contributed by atoms with Crippen LogP contribution in [0.25, 0.3) is 0 Å². The lowest BCUT2D eigenvalue weighted by atomic mass is 9.91. The summed E-state index contributed by atoms with van der Waals surface area (Å²) in [5.74, 6) is 0.750. The molecular weight excluding hydrogens is 250 g/mol. The highest BCUT2D eigenvalue weighted by atomic mass is 16.3. The minimum absolute atomic E-state index is 0.163. The van der Waals surface area contributed by atoms with Crippen LogP contribution < -0.4 is 0 Å². The standard InChI is InChI=1S/C17H23NO2/c1-12(6-7-13-8-9-13)11-14-16(19)17(2,20)15-5-3-4-10-18(14)15/h3-7,10-11,13-16,19-20H,8-9H2,1-2H3/b7-6+,12-11+/t14-,15?,16-,17-/m0/s1. The molecule has 3 nitrogen and oxygen atoms in total. The van der Waals surface area contributed by atoms with Gasteiger partial charge in [-0.05, 0) is 38.7 Å². The van der Waals surface area contributed by atoms with Crippen molar-refractivity contribution >= 4 is 0 Å². The lowest BCUT2D eigenvalue weighted by Crippen LogP contribution is -2.45. The summed E-state index contributed by atoms with van der Waals surface area (Å²) in [7, 11) is 0. The average Bonchev–Trinajstić information content (AvgIpc) is 3.23. The molecular formula is C17H23NO2. The first kappa shape index (κ1) is 13.7. The van der Waals surface area contributed by atoms with Gasteiger partial charge in [-0.3, -0.25) is 0 Å². The molecule has 2 aliphatic heterocycles. The van der Waals surface area contributed by atoms with E-state index in [1.807, 2.05) is 29.3 Å². The van der Waals surface area contributed by atoms with Crippen LogP contribution in [-0.4, -0.2) is 38.9 Å². The molecule has 1 saturated carbocycles. The molecule has 4 atom stereocenters. The van der Waals surface area contributed by atoms with Crippen molar-refractivity contribution in [2.75, 3.05) is 0 Å². The maximum atomic E-state index is 10.5. The van der Waals surface area contributed by atoms with Crippen LogP contribution in [0.2, 0.25) is 0 Å². The van der Waals surface area contributed by atoms with E-state index in [1.165, 1.54) is 12.8 Å². The number of aliphatic hydroxyl groups excluding tert-OH is 1. The van der Waals surface area contributed by atoms with Crippen LogP contribution in [0.4, 0.5) is 0 Å². The summed E-state index contributed by atoms with van der Waals surface area (Å²) < 4.78 is 0. The van der Waals surface area contributed by atoms with Crippen LogP contribution in [0.15, 0.2) is 48.2 Å². The highest BCUT2D eigenvalue weighted by molar-refractivity contribution is 5.30. The average molecular weight is 273 g/mol. The fourth-order valence-electron chi connectivity index (χ4n) is 3.05. The molecule has 108 valence electrons. The molecule has 0 spiro atoms. The molecule has 3 rings (SSSR count). The summed E-state index contributed by atoms with van der Waals surface area (Å²) in [6, 6.07) is -0.344. The van der Waals surface area contributed by atoms with Crippen molar-refractivity contribution in [1.29, 1.82) is 0 Å². The molecule has 3 heteroatoms. The molecule has 0 bridgehead atoms. The smallest absolute Gasteiger partial charge is 0.114 e. The molecule has 3 aliphatic rings. The van der Waals surface area contributed by atoms with Crippen LogP contribution in [0.3, 0.4) is 0 Å². The minimum Gasteiger partial charge on any atom is -0.388 e. The third-order valence-electron chi connectivity index (χ3n) is 4.54. The van der Waals surface area contributed by atoms with Gasteiger partial charge in [-0.15, -0.1) is 0 Å². The van der Waals surface area contributed by atoms with E-state index in [9.17, 15) is 10.2 Å². The molecule has 20 heavy (non-hydrogen) atoms. The zero-order valence-electron chi connectivity index (χ0n) is 12.1. The third kappa shape index (κ3) is 2.36. The van der Waals surface area contributed by atoms with E-state index in [2.05, 4.69) is 25.2 Å². The Kier molecular flexibility index (Phi) is 3.35. The van der Waals surface area contributed by atoms with Gasteiger partial charge in [-0.1, -0.05) is 36.0 Å². The van der Waals surface area contributed by atoms with Crippen molar-refractivity contribution in [2.24, 2.45) is 5.92 Å².